The second-order valence-electron chi connectivity index (χ2n) is 7.84. The molecule has 0 fully saturated rings. The van der Waals surface area contributed by atoms with E-state index in [2.05, 4.69) is 11.4 Å². The van der Waals surface area contributed by atoms with Crippen molar-refractivity contribution in [3.8, 4) is 6.07 Å². The van der Waals surface area contributed by atoms with Crippen molar-refractivity contribution in [1.29, 1.82) is 5.26 Å². The minimum atomic E-state index is -0.941. The van der Waals surface area contributed by atoms with Crippen molar-refractivity contribution < 1.29 is 4.79 Å². The zero-order valence-corrected chi connectivity index (χ0v) is 19.3. The molecule has 2 rings (SSSR count). The Morgan fingerprint density at radius 1 is 1.29 bits per heavy atom. The molecule has 2 aromatic heterocycles. The predicted octanol–water partition coefficient (Wildman–Crippen LogP) is 4.19. The van der Waals surface area contributed by atoms with E-state index >= 15 is 0 Å². The normalized spacial score (nSPS) is 14.9. The number of aryl methyl sites for hydroxylation is 2. The molecule has 1 amide bonds. The van der Waals surface area contributed by atoms with Crippen LogP contribution in [0.15, 0.2) is 9.95 Å². The average molecular weight is 421 g/mol. The van der Waals surface area contributed by atoms with Gasteiger partial charge < -0.3 is 5.32 Å². The molecule has 0 saturated carbocycles. The summed E-state index contributed by atoms with van der Waals surface area (Å²) in [6.45, 7) is 15.1. The van der Waals surface area contributed by atoms with Gasteiger partial charge >= 0.3 is 0 Å². The Balaban J connectivity index is 2.43. The first-order chi connectivity index (χ1) is 12.9. The number of nitrogens with one attached hydrogen (secondary N) is 1. The summed E-state index contributed by atoms with van der Waals surface area (Å²) in [7, 11) is 0. The van der Waals surface area contributed by atoms with E-state index < -0.39 is 10.8 Å². The van der Waals surface area contributed by atoms with Crippen LogP contribution in [0.25, 0.3) is 10.2 Å². The number of nitrogens with zero attached hydrogens (tertiary/aromatic N) is 3. The minimum absolute atomic E-state index is 0.0287. The summed E-state index contributed by atoms with van der Waals surface area (Å²) in [6.07, 6.45) is 0. The van der Waals surface area contributed by atoms with E-state index in [9.17, 15) is 14.9 Å². The highest BCUT2D eigenvalue weighted by Crippen LogP contribution is 2.31. The van der Waals surface area contributed by atoms with E-state index in [1.807, 2.05) is 41.5 Å². The first-order valence-electron chi connectivity index (χ1n) is 9.35. The second kappa shape index (κ2) is 8.26. The Kier molecular flexibility index (Phi) is 6.62. The molecule has 1 N–H and O–H groups in total. The number of rotatable bonds is 6. The molecule has 2 atom stereocenters. The predicted molar refractivity (Wildman–Crippen MR) is 116 cm³/mol. The van der Waals surface area contributed by atoms with Crippen LogP contribution in [0, 0.1) is 31.1 Å². The quantitative estimate of drug-likeness (QED) is 0.559. The monoisotopic (exact) mass is 420 g/mol. The largest absolute Gasteiger partial charge is 0.337 e. The van der Waals surface area contributed by atoms with Crippen molar-refractivity contribution in [3.05, 3.63) is 20.8 Å². The molecule has 152 valence electrons. The highest BCUT2D eigenvalue weighted by molar-refractivity contribution is 8.00. The summed E-state index contributed by atoms with van der Waals surface area (Å²) in [6, 6.07) is 2.11. The van der Waals surface area contributed by atoms with Gasteiger partial charge in [0.15, 0.2) is 5.16 Å². The SMILES string of the molecule is Cc1sc2nc(S[C@H](C)C(=O)N[C@](C)(C#N)C(C)C)n(C(C)C)c(=O)c2c1C. The van der Waals surface area contributed by atoms with Gasteiger partial charge in [-0.2, -0.15) is 5.26 Å². The maximum absolute atomic E-state index is 13.1. The molecule has 2 aromatic rings. The van der Waals surface area contributed by atoms with Gasteiger partial charge in [0, 0.05) is 10.9 Å². The minimum Gasteiger partial charge on any atom is -0.337 e. The van der Waals surface area contributed by atoms with Crippen LogP contribution in [0.4, 0.5) is 0 Å². The van der Waals surface area contributed by atoms with Gasteiger partial charge in [-0.05, 0) is 53.0 Å². The van der Waals surface area contributed by atoms with Gasteiger partial charge in [0.2, 0.25) is 5.91 Å². The van der Waals surface area contributed by atoms with E-state index in [0.717, 1.165) is 10.4 Å². The lowest BCUT2D eigenvalue weighted by atomic mass is 9.90. The van der Waals surface area contributed by atoms with Crippen LogP contribution in [-0.2, 0) is 4.79 Å². The fraction of sp³-hybridized carbons (Fsp3) is 0.600. The molecule has 0 aliphatic carbocycles. The summed E-state index contributed by atoms with van der Waals surface area (Å²) in [5.41, 5.74) is -0.0415. The number of amides is 1. The third-order valence-electron chi connectivity index (χ3n) is 5.14. The molecule has 8 heteroatoms. The number of hydrogen-bond donors (Lipinski definition) is 1. The number of carbonyl (C=O) groups excluding carboxylic acids is 1. The molecule has 0 aliphatic rings. The molecule has 0 aliphatic heterocycles. The Hall–Kier alpha value is -1.85. The molecule has 0 unspecified atom stereocenters. The molecule has 28 heavy (non-hydrogen) atoms. The Bertz CT molecular complexity index is 1000. The van der Waals surface area contributed by atoms with Crippen LogP contribution < -0.4 is 10.9 Å². The van der Waals surface area contributed by atoms with Crippen molar-refractivity contribution in [3.63, 3.8) is 0 Å². The lowest BCUT2D eigenvalue weighted by molar-refractivity contribution is -0.121. The van der Waals surface area contributed by atoms with Crippen molar-refractivity contribution in [2.45, 2.75) is 77.4 Å². The van der Waals surface area contributed by atoms with E-state index in [0.29, 0.717) is 15.4 Å². The van der Waals surface area contributed by atoms with Crippen LogP contribution in [0.5, 0.6) is 0 Å². The number of nitriles is 1. The van der Waals surface area contributed by atoms with Crippen molar-refractivity contribution in [2.24, 2.45) is 5.92 Å². The van der Waals surface area contributed by atoms with Gasteiger partial charge in [0.25, 0.3) is 5.56 Å². The van der Waals surface area contributed by atoms with E-state index in [4.69, 9.17) is 4.98 Å². The molecule has 0 aromatic carbocycles. The molecule has 0 saturated heterocycles. The average Bonchev–Trinajstić information content (AvgIpc) is 2.88. The highest BCUT2D eigenvalue weighted by Gasteiger charge is 2.32. The van der Waals surface area contributed by atoms with Gasteiger partial charge in [-0.15, -0.1) is 11.3 Å². The maximum atomic E-state index is 13.1. The Morgan fingerprint density at radius 3 is 2.39 bits per heavy atom. The first kappa shape index (κ1) is 22.4. The number of fused-ring (bicyclic) bond motifs is 1. The summed E-state index contributed by atoms with van der Waals surface area (Å²) in [5, 5.41) is 13.0. The molecule has 2 heterocycles. The third-order valence-corrected chi connectivity index (χ3v) is 7.31. The van der Waals surface area contributed by atoms with Crippen LogP contribution >= 0.6 is 23.1 Å². The zero-order valence-electron chi connectivity index (χ0n) is 17.7. The van der Waals surface area contributed by atoms with Crippen LogP contribution in [0.3, 0.4) is 0 Å². The van der Waals surface area contributed by atoms with Crippen molar-refractivity contribution in [1.82, 2.24) is 14.9 Å². The lowest BCUT2D eigenvalue weighted by Gasteiger charge is -2.28. The van der Waals surface area contributed by atoms with Crippen LogP contribution in [0.2, 0.25) is 0 Å². The second-order valence-corrected chi connectivity index (χ2v) is 10.4. The Morgan fingerprint density at radius 2 is 1.89 bits per heavy atom. The molecule has 0 spiro atoms. The number of hydrogen-bond acceptors (Lipinski definition) is 6. The number of carbonyl (C=O) groups is 1. The van der Waals surface area contributed by atoms with Gasteiger partial charge in [-0.3, -0.25) is 14.2 Å². The number of thiophene rings is 1. The lowest BCUT2D eigenvalue weighted by Crippen LogP contribution is -2.51. The summed E-state index contributed by atoms with van der Waals surface area (Å²) < 4.78 is 1.65. The van der Waals surface area contributed by atoms with Crippen molar-refractivity contribution in [2.75, 3.05) is 0 Å². The van der Waals surface area contributed by atoms with Gasteiger partial charge in [0.1, 0.15) is 10.4 Å². The first-order valence-corrected chi connectivity index (χ1v) is 11.0. The van der Waals surface area contributed by atoms with E-state index in [-0.39, 0.29) is 23.4 Å². The van der Waals surface area contributed by atoms with Gasteiger partial charge in [-0.1, -0.05) is 25.6 Å². The topological polar surface area (TPSA) is 87.8 Å². The van der Waals surface area contributed by atoms with Gasteiger partial charge in [0.05, 0.1) is 16.7 Å². The molecule has 0 bridgehead atoms. The maximum Gasteiger partial charge on any atom is 0.263 e. The highest BCUT2D eigenvalue weighted by atomic mass is 32.2. The fourth-order valence-corrected chi connectivity index (χ4v) is 4.81. The molecular formula is C20H28N4O2S2. The smallest absolute Gasteiger partial charge is 0.263 e. The summed E-state index contributed by atoms with van der Waals surface area (Å²) in [5.74, 6) is -0.273. The third kappa shape index (κ3) is 4.11. The molecular weight excluding hydrogens is 392 g/mol. The van der Waals surface area contributed by atoms with Gasteiger partial charge in [-0.25, -0.2) is 4.98 Å². The van der Waals surface area contributed by atoms with Crippen molar-refractivity contribution >= 4 is 39.2 Å². The van der Waals surface area contributed by atoms with Crippen LogP contribution in [0.1, 0.15) is 58.0 Å². The fourth-order valence-electron chi connectivity index (χ4n) is 2.70. The van der Waals surface area contributed by atoms with Crippen LogP contribution in [-0.4, -0.2) is 26.2 Å². The van der Waals surface area contributed by atoms with E-state index in [1.54, 1.807) is 18.4 Å². The summed E-state index contributed by atoms with van der Waals surface area (Å²) in [4.78, 5) is 32.3. The Labute approximate surface area is 174 Å². The number of aromatic nitrogens is 2. The van der Waals surface area contributed by atoms with E-state index in [1.165, 1.54) is 23.1 Å². The molecule has 0 radical (unpaired) electrons. The molecule has 6 nitrogen and oxygen atoms in total. The number of thioether (sulfide) groups is 1. The summed E-state index contributed by atoms with van der Waals surface area (Å²) >= 11 is 2.75. The standard InChI is InChI=1S/C20H28N4O2S2/c1-10(2)20(8,9-21)23-16(25)14(7)28-19-22-17-15(12(5)13(6)27-17)18(26)24(19)11(3)4/h10-11,14H,1-8H3,(H,23,25)/t14-,20-/m1/s1. The zero-order chi connectivity index (χ0) is 21.4.